The average molecular weight is 427 g/mol. The van der Waals surface area contributed by atoms with Crippen LogP contribution in [0.2, 0.25) is 0 Å². The van der Waals surface area contributed by atoms with Crippen molar-refractivity contribution in [2.45, 2.75) is 36.8 Å². The molecule has 0 saturated carbocycles. The predicted molar refractivity (Wildman–Crippen MR) is 101 cm³/mol. The number of hydrogen-bond donors (Lipinski definition) is 1. The molecule has 156 valence electrons. The number of pyridine rings is 1. The lowest BCUT2D eigenvalue weighted by atomic mass is 10.2. The highest BCUT2D eigenvalue weighted by atomic mass is 32.2. The topological polar surface area (TPSA) is 79.4 Å². The molecule has 1 aromatic carbocycles. The molecule has 0 radical (unpaired) electrons. The van der Waals surface area contributed by atoms with E-state index in [-0.39, 0.29) is 16.1 Å². The zero-order chi connectivity index (χ0) is 21.1. The third-order valence-corrected chi connectivity index (χ3v) is 6.51. The van der Waals surface area contributed by atoms with Crippen molar-refractivity contribution < 1.29 is 26.4 Å². The van der Waals surface area contributed by atoms with Crippen LogP contribution in [0.1, 0.15) is 41.7 Å². The Labute approximate surface area is 166 Å². The van der Waals surface area contributed by atoms with E-state index >= 15 is 0 Å². The number of rotatable bonds is 4. The van der Waals surface area contributed by atoms with Gasteiger partial charge in [0.05, 0.1) is 10.5 Å². The van der Waals surface area contributed by atoms with Crippen LogP contribution < -0.4 is 5.32 Å². The van der Waals surface area contributed by atoms with Gasteiger partial charge in [0.15, 0.2) is 0 Å². The average Bonchev–Trinajstić information content (AvgIpc) is 2.98. The first-order chi connectivity index (χ1) is 13.7. The molecule has 1 saturated heterocycles. The zero-order valence-corrected chi connectivity index (χ0v) is 16.3. The van der Waals surface area contributed by atoms with Crippen molar-refractivity contribution in [2.75, 3.05) is 18.4 Å². The number of halogens is 3. The molecule has 2 aromatic rings. The van der Waals surface area contributed by atoms with Gasteiger partial charge >= 0.3 is 6.18 Å². The van der Waals surface area contributed by atoms with Gasteiger partial charge in [-0.1, -0.05) is 18.9 Å². The van der Waals surface area contributed by atoms with E-state index in [0.29, 0.717) is 13.1 Å². The number of anilines is 1. The number of hydrogen-bond acceptors (Lipinski definition) is 4. The molecule has 0 bridgehead atoms. The summed E-state index contributed by atoms with van der Waals surface area (Å²) in [6, 6.07) is 7.55. The fraction of sp³-hybridized carbons (Fsp3) is 0.368. The maximum absolute atomic E-state index is 12.9. The van der Waals surface area contributed by atoms with Crippen LogP contribution in [0.15, 0.2) is 47.5 Å². The van der Waals surface area contributed by atoms with Crippen molar-refractivity contribution in [2.24, 2.45) is 0 Å². The molecule has 0 aliphatic carbocycles. The van der Waals surface area contributed by atoms with Crippen LogP contribution in [0.25, 0.3) is 0 Å². The molecule has 1 aliphatic heterocycles. The second-order valence-electron chi connectivity index (χ2n) is 6.73. The molecule has 2 heterocycles. The standard InChI is InChI=1S/C19H20F3N3O3S/c20-19(21,22)17-9-8-14(13-23-17)18(26)24-15-6-5-7-16(12-15)29(27,28)25-10-3-1-2-4-11-25/h5-9,12-13H,1-4,10-11H2,(H,24,26). The van der Waals surface area contributed by atoms with Crippen molar-refractivity contribution in [1.82, 2.24) is 9.29 Å². The summed E-state index contributed by atoms with van der Waals surface area (Å²) in [6.45, 7) is 0.909. The maximum Gasteiger partial charge on any atom is 0.433 e. The van der Waals surface area contributed by atoms with Gasteiger partial charge < -0.3 is 5.32 Å². The van der Waals surface area contributed by atoms with Crippen LogP contribution in [0, 0.1) is 0 Å². The molecule has 3 rings (SSSR count). The first-order valence-electron chi connectivity index (χ1n) is 9.13. The molecule has 0 atom stereocenters. The minimum Gasteiger partial charge on any atom is -0.322 e. The van der Waals surface area contributed by atoms with Gasteiger partial charge in [-0.25, -0.2) is 8.42 Å². The normalized spacial score (nSPS) is 16.2. The summed E-state index contributed by atoms with van der Waals surface area (Å²) in [4.78, 5) is 15.6. The lowest BCUT2D eigenvalue weighted by Gasteiger charge is -2.20. The van der Waals surface area contributed by atoms with Crippen LogP contribution in [0.4, 0.5) is 18.9 Å². The lowest BCUT2D eigenvalue weighted by molar-refractivity contribution is -0.141. The molecule has 1 N–H and O–H groups in total. The lowest BCUT2D eigenvalue weighted by Crippen LogP contribution is -2.32. The smallest absolute Gasteiger partial charge is 0.322 e. The van der Waals surface area contributed by atoms with Crippen LogP contribution in [0.3, 0.4) is 0 Å². The second kappa shape index (κ2) is 8.50. The Bertz CT molecular complexity index is 968. The summed E-state index contributed by atoms with van der Waals surface area (Å²) in [7, 11) is -3.69. The monoisotopic (exact) mass is 427 g/mol. The van der Waals surface area contributed by atoms with Gasteiger partial charge in [0.1, 0.15) is 5.69 Å². The van der Waals surface area contributed by atoms with E-state index in [1.807, 2.05) is 0 Å². The van der Waals surface area contributed by atoms with E-state index in [4.69, 9.17) is 0 Å². The molecule has 1 aromatic heterocycles. The second-order valence-corrected chi connectivity index (χ2v) is 8.67. The van der Waals surface area contributed by atoms with Gasteiger partial charge in [0.25, 0.3) is 5.91 Å². The van der Waals surface area contributed by atoms with E-state index in [1.54, 1.807) is 0 Å². The Kier molecular flexibility index (Phi) is 6.23. The molecule has 6 nitrogen and oxygen atoms in total. The van der Waals surface area contributed by atoms with Crippen molar-refractivity contribution >= 4 is 21.6 Å². The van der Waals surface area contributed by atoms with Crippen LogP contribution in [-0.4, -0.2) is 36.7 Å². The summed E-state index contributed by atoms with van der Waals surface area (Å²) in [5, 5.41) is 2.50. The molecule has 1 amide bonds. The summed E-state index contributed by atoms with van der Waals surface area (Å²) in [6.07, 6.45) is -0.180. The molecule has 10 heteroatoms. The Morgan fingerprint density at radius 3 is 2.31 bits per heavy atom. The minimum absolute atomic E-state index is 0.0581. The quantitative estimate of drug-likeness (QED) is 0.802. The SMILES string of the molecule is O=C(Nc1cccc(S(=O)(=O)N2CCCCCC2)c1)c1ccc(C(F)(F)F)nc1. The molecule has 29 heavy (non-hydrogen) atoms. The van der Waals surface area contributed by atoms with Crippen LogP contribution in [-0.2, 0) is 16.2 Å². The largest absolute Gasteiger partial charge is 0.433 e. The number of carbonyl (C=O) groups is 1. The molecule has 1 aliphatic rings. The van der Waals surface area contributed by atoms with Gasteiger partial charge in [0, 0.05) is 25.0 Å². The molecular formula is C19H20F3N3O3S. The number of carbonyl (C=O) groups excluding carboxylic acids is 1. The van der Waals surface area contributed by atoms with Crippen LogP contribution >= 0.6 is 0 Å². The summed E-state index contributed by atoms with van der Waals surface area (Å²) in [5.74, 6) is -0.685. The fourth-order valence-corrected chi connectivity index (χ4v) is 4.63. The van der Waals surface area contributed by atoms with Gasteiger partial charge in [-0.15, -0.1) is 0 Å². The summed E-state index contributed by atoms with van der Waals surface area (Å²) >= 11 is 0. The van der Waals surface area contributed by atoms with Crippen molar-refractivity contribution in [3.8, 4) is 0 Å². The number of aromatic nitrogens is 1. The molecular weight excluding hydrogens is 407 g/mol. The minimum atomic E-state index is -4.59. The van der Waals surface area contributed by atoms with Crippen molar-refractivity contribution in [3.63, 3.8) is 0 Å². The highest BCUT2D eigenvalue weighted by Crippen LogP contribution is 2.27. The van der Waals surface area contributed by atoms with Gasteiger partial charge in [0.2, 0.25) is 10.0 Å². The maximum atomic E-state index is 12.9. The number of amides is 1. The Balaban J connectivity index is 1.76. The molecule has 0 spiro atoms. The molecule has 1 fully saturated rings. The summed E-state index contributed by atoms with van der Waals surface area (Å²) < 4.78 is 64.9. The molecule has 0 unspecified atom stereocenters. The van der Waals surface area contributed by atoms with E-state index in [9.17, 15) is 26.4 Å². The van der Waals surface area contributed by atoms with Crippen molar-refractivity contribution in [1.29, 1.82) is 0 Å². The fourth-order valence-electron chi connectivity index (χ4n) is 3.06. The zero-order valence-electron chi connectivity index (χ0n) is 15.4. The summed E-state index contributed by atoms with van der Waals surface area (Å²) in [5.41, 5.74) is -0.941. The predicted octanol–water partition coefficient (Wildman–Crippen LogP) is 3.92. The Hall–Kier alpha value is -2.46. The van der Waals surface area contributed by atoms with E-state index < -0.39 is 27.8 Å². The number of sulfonamides is 1. The number of benzene rings is 1. The highest BCUT2D eigenvalue weighted by Gasteiger charge is 2.32. The van der Waals surface area contributed by atoms with E-state index in [1.165, 1.54) is 28.6 Å². The Morgan fingerprint density at radius 2 is 1.72 bits per heavy atom. The van der Waals surface area contributed by atoms with E-state index in [2.05, 4.69) is 10.3 Å². The first-order valence-corrected chi connectivity index (χ1v) is 10.6. The van der Waals surface area contributed by atoms with E-state index in [0.717, 1.165) is 44.0 Å². The highest BCUT2D eigenvalue weighted by molar-refractivity contribution is 7.89. The Morgan fingerprint density at radius 1 is 1.03 bits per heavy atom. The van der Waals surface area contributed by atoms with Gasteiger partial charge in [-0.3, -0.25) is 9.78 Å². The van der Waals surface area contributed by atoms with Crippen LogP contribution in [0.5, 0.6) is 0 Å². The van der Waals surface area contributed by atoms with Crippen molar-refractivity contribution in [3.05, 3.63) is 53.9 Å². The van der Waals surface area contributed by atoms with Gasteiger partial charge in [-0.05, 0) is 43.2 Å². The third-order valence-electron chi connectivity index (χ3n) is 4.61. The number of alkyl halides is 3. The van der Waals surface area contributed by atoms with Gasteiger partial charge in [-0.2, -0.15) is 17.5 Å². The third kappa shape index (κ3) is 5.13. The number of nitrogens with one attached hydrogen (secondary N) is 1. The number of nitrogens with zero attached hydrogens (tertiary/aromatic N) is 2. The first kappa shape index (κ1) is 21.3.